The minimum atomic E-state index is -4.42. The van der Waals surface area contributed by atoms with Gasteiger partial charge in [-0.25, -0.2) is 9.97 Å². The number of amides is 2. The van der Waals surface area contributed by atoms with Crippen molar-refractivity contribution in [1.29, 1.82) is 0 Å². The standard InChI is InChI=1S/C32H30F3N5O3/c1-31(2,3)39-28(41)21-7-5-6-20(16-21)23-17-24-26(29(42)36-4)27(43-30(24)38-25(23)12-13-32(33,34)35)19-8-10-22(11-9-19)40-15-14-37-18-40/h5-11,14-18H,12-13H2,1-4H3,(H,36,42)(H,39,41). The molecule has 3 aromatic heterocycles. The van der Waals surface area contributed by atoms with Gasteiger partial charge in [-0.1, -0.05) is 12.1 Å². The molecular weight excluding hydrogens is 559 g/mol. The lowest BCUT2D eigenvalue weighted by Crippen LogP contribution is -2.40. The quantitative estimate of drug-likeness (QED) is 0.219. The van der Waals surface area contributed by atoms with Gasteiger partial charge in [0.15, 0.2) is 0 Å². The molecule has 11 heteroatoms. The first-order valence-electron chi connectivity index (χ1n) is 13.6. The maximum atomic E-state index is 13.3. The number of alkyl halides is 3. The molecule has 0 radical (unpaired) electrons. The summed E-state index contributed by atoms with van der Waals surface area (Å²) in [6, 6.07) is 15.4. The Morgan fingerprint density at radius 1 is 0.977 bits per heavy atom. The van der Waals surface area contributed by atoms with Gasteiger partial charge in [0.25, 0.3) is 11.8 Å². The van der Waals surface area contributed by atoms with E-state index in [-0.39, 0.29) is 28.6 Å². The average molecular weight is 590 g/mol. The highest BCUT2D eigenvalue weighted by Gasteiger charge is 2.29. The lowest BCUT2D eigenvalue weighted by molar-refractivity contribution is -0.134. The molecule has 0 bridgehead atoms. The molecule has 5 aromatic rings. The number of carbonyl (C=O) groups is 2. The summed E-state index contributed by atoms with van der Waals surface area (Å²) in [6.45, 7) is 5.55. The molecule has 43 heavy (non-hydrogen) atoms. The van der Waals surface area contributed by atoms with Crippen LogP contribution >= 0.6 is 0 Å². The van der Waals surface area contributed by atoms with Crippen LogP contribution in [0.3, 0.4) is 0 Å². The molecule has 0 atom stereocenters. The number of aryl methyl sites for hydroxylation is 1. The van der Waals surface area contributed by atoms with E-state index in [1.54, 1.807) is 61.2 Å². The zero-order valence-electron chi connectivity index (χ0n) is 24.0. The van der Waals surface area contributed by atoms with Crippen LogP contribution in [0.25, 0.3) is 39.2 Å². The van der Waals surface area contributed by atoms with Crippen molar-refractivity contribution in [3.63, 3.8) is 0 Å². The van der Waals surface area contributed by atoms with Crippen molar-refractivity contribution in [1.82, 2.24) is 25.2 Å². The Bertz CT molecular complexity index is 1780. The second-order valence-corrected chi connectivity index (χ2v) is 11.1. The number of rotatable bonds is 7. The van der Waals surface area contributed by atoms with Crippen LogP contribution in [0.4, 0.5) is 13.2 Å². The van der Waals surface area contributed by atoms with E-state index in [1.165, 1.54) is 7.05 Å². The number of aromatic nitrogens is 3. The van der Waals surface area contributed by atoms with E-state index in [1.807, 2.05) is 37.5 Å². The number of nitrogens with one attached hydrogen (secondary N) is 2. The molecule has 0 aliphatic rings. The number of hydrogen-bond acceptors (Lipinski definition) is 5. The average Bonchev–Trinajstić information content (AvgIpc) is 3.62. The SMILES string of the molecule is CNC(=O)c1c(-c2ccc(-n3ccnc3)cc2)oc2nc(CCC(F)(F)F)c(-c3cccc(C(=O)NC(C)(C)C)c3)cc12. The fourth-order valence-corrected chi connectivity index (χ4v) is 4.75. The van der Waals surface area contributed by atoms with Crippen LogP contribution in [0.5, 0.6) is 0 Å². The Morgan fingerprint density at radius 3 is 2.35 bits per heavy atom. The summed E-state index contributed by atoms with van der Waals surface area (Å²) in [5, 5.41) is 5.86. The Balaban J connectivity index is 1.67. The van der Waals surface area contributed by atoms with Crippen molar-refractivity contribution in [2.45, 2.75) is 45.3 Å². The highest BCUT2D eigenvalue weighted by molar-refractivity contribution is 6.11. The van der Waals surface area contributed by atoms with Crippen molar-refractivity contribution in [2.24, 2.45) is 0 Å². The van der Waals surface area contributed by atoms with Crippen LogP contribution in [-0.2, 0) is 6.42 Å². The van der Waals surface area contributed by atoms with Gasteiger partial charge in [-0.15, -0.1) is 0 Å². The molecule has 222 valence electrons. The number of furan rings is 1. The van der Waals surface area contributed by atoms with E-state index in [0.717, 1.165) is 5.69 Å². The van der Waals surface area contributed by atoms with Crippen molar-refractivity contribution in [3.05, 3.63) is 90.1 Å². The first-order valence-corrected chi connectivity index (χ1v) is 13.6. The summed E-state index contributed by atoms with van der Waals surface area (Å²) < 4.78 is 47.9. The second-order valence-electron chi connectivity index (χ2n) is 11.1. The summed E-state index contributed by atoms with van der Waals surface area (Å²) in [4.78, 5) is 34.6. The van der Waals surface area contributed by atoms with Gasteiger partial charge in [0.2, 0.25) is 5.71 Å². The highest BCUT2D eigenvalue weighted by atomic mass is 19.4. The van der Waals surface area contributed by atoms with Gasteiger partial charge in [-0.2, -0.15) is 13.2 Å². The number of nitrogens with zero attached hydrogens (tertiary/aromatic N) is 3. The van der Waals surface area contributed by atoms with Crippen molar-refractivity contribution >= 4 is 22.9 Å². The maximum Gasteiger partial charge on any atom is 0.389 e. The summed E-state index contributed by atoms with van der Waals surface area (Å²) in [5.74, 6) is -0.534. The molecule has 0 aliphatic carbocycles. The molecule has 0 saturated heterocycles. The van der Waals surface area contributed by atoms with E-state index < -0.39 is 30.5 Å². The summed E-state index contributed by atoms with van der Waals surface area (Å²) in [6.07, 6.45) is -0.833. The molecule has 2 aromatic carbocycles. The Morgan fingerprint density at radius 2 is 1.72 bits per heavy atom. The molecule has 0 fully saturated rings. The third-order valence-electron chi connectivity index (χ3n) is 6.72. The minimum absolute atomic E-state index is 0.0369. The molecule has 0 unspecified atom stereocenters. The molecular formula is C32H30F3N5O3. The fraction of sp³-hybridized carbons (Fsp3) is 0.250. The summed E-state index contributed by atoms with van der Waals surface area (Å²) in [5.41, 5.74) is 2.50. The number of hydrogen-bond donors (Lipinski definition) is 2. The van der Waals surface area contributed by atoms with Crippen molar-refractivity contribution < 1.29 is 27.2 Å². The first kappa shape index (κ1) is 29.6. The number of carbonyl (C=O) groups excluding carboxylic acids is 2. The first-order chi connectivity index (χ1) is 20.3. The Labute approximate surface area is 246 Å². The number of halogens is 3. The highest BCUT2D eigenvalue weighted by Crippen LogP contribution is 2.38. The van der Waals surface area contributed by atoms with E-state index in [4.69, 9.17) is 4.42 Å². The third kappa shape index (κ3) is 6.61. The lowest BCUT2D eigenvalue weighted by Gasteiger charge is -2.20. The predicted octanol–water partition coefficient (Wildman–Crippen LogP) is 6.73. The zero-order chi connectivity index (χ0) is 30.9. The van der Waals surface area contributed by atoms with Crippen LogP contribution in [0, 0.1) is 0 Å². The molecule has 0 spiro atoms. The van der Waals surface area contributed by atoms with E-state index in [2.05, 4.69) is 20.6 Å². The van der Waals surface area contributed by atoms with E-state index in [9.17, 15) is 22.8 Å². The number of imidazole rings is 1. The van der Waals surface area contributed by atoms with Gasteiger partial charge in [-0.05, 0) is 75.2 Å². The van der Waals surface area contributed by atoms with Crippen LogP contribution in [0.2, 0.25) is 0 Å². The normalized spacial score (nSPS) is 12.0. The molecule has 2 N–H and O–H groups in total. The lowest BCUT2D eigenvalue weighted by atomic mass is 9.96. The van der Waals surface area contributed by atoms with E-state index in [0.29, 0.717) is 27.6 Å². The zero-order valence-corrected chi connectivity index (χ0v) is 24.0. The summed E-state index contributed by atoms with van der Waals surface area (Å²) in [7, 11) is 1.48. The third-order valence-corrected chi connectivity index (χ3v) is 6.72. The van der Waals surface area contributed by atoms with Crippen molar-refractivity contribution in [2.75, 3.05) is 7.05 Å². The van der Waals surface area contributed by atoms with Crippen molar-refractivity contribution in [3.8, 4) is 28.1 Å². The number of benzene rings is 2. The number of pyridine rings is 1. The fourth-order valence-electron chi connectivity index (χ4n) is 4.75. The largest absolute Gasteiger partial charge is 0.437 e. The maximum absolute atomic E-state index is 13.3. The van der Waals surface area contributed by atoms with Crippen LogP contribution < -0.4 is 10.6 Å². The van der Waals surface area contributed by atoms with Crippen LogP contribution in [0.15, 0.2) is 77.7 Å². The molecule has 0 saturated carbocycles. The number of fused-ring (bicyclic) bond motifs is 1. The van der Waals surface area contributed by atoms with Gasteiger partial charge >= 0.3 is 6.18 Å². The Kier molecular flexibility index (Phi) is 7.83. The van der Waals surface area contributed by atoms with Gasteiger partial charge in [-0.3, -0.25) is 9.59 Å². The molecule has 8 nitrogen and oxygen atoms in total. The summed E-state index contributed by atoms with van der Waals surface area (Å²) >= 11 is 0. The monoisotopic (exact) mass is 589 g/mol. The van der Waals surface area contributed by atoms with Crippen LogP contribution in [-0.4, -0.2) is 45.1 Å². The second kappa shape index (κ2) is 11.4. The smallest absolute Gasteiger partial charge is 0.389 e. The van der Waals surface area contributed by atoms with Gasteiger partial charge < -0.3 is 19.6 Å². The van der Waals surface area contributed by atoms with E-state index >= 15 is 0 Å². The molecule has 2 amide bonds. The molecule has 5 rings (SSSR count). The molecule has 0 aliphatic heterocycles. The predicted molar refractivity (Wildman–Crippen MR) is 157 cm³/mol. The van der Waals surface area contributed by atoms with Gasteiger partial charge in [0.05, 0.1) is 23.0 Å². The van der Waals surface area contributed by atoms with Crippen LogP contribution in [0.1, 0.15) is 53.6 Å². The molecule has 3 heterocycles. The van der Waals surface area contributed by atoms with Gasteiger partial charge in [0.1, 0.15) is 5.76 Å². The Hall–Kier alpha value is -4.93. The van der Waals surface area contributed by atoms with Gasteiger partial charge in [0, 0.05) is 53.8 Å². The topological polar surface area (TPSA) is 102 Å². The minimum Gasteiger partial charge on any atom is -0.437 e.